The van der Waals surface area contributed by atoms with E-state index < -0.39 is 0 Å². The molecular weight excluding hydrogens is 314 g/mol. The van der Waals surface area contributed by atoms with Gasteiger partial charge in [0.1, 0.15) is 5.82 Å². The average molecular weight is 337 g/mol. The van der Waals surface area contributed by atoms with Gasteiger partial charge in [0.25, 0.3) is 0 Å². The second-order valence-electron chi connectivity index (χ2n) is 6.17. The minimum Gasteiger partial charge on any atom is -0.336 e. The molecule has 1 N–H and O–H groups in total. The van der Waals surface area contributed by atoms with Crippen LogP contribution < -0.4 is 5.32 Å². The van der Waals surface area contributed by atoms with Gasteiger partial charge in [0, 0.05) is 19.1 Å². The SMILES string of the molecule is Cc1nnc(S[C@H](C)C(=O)N2CCNC2=O)n1C1CCCCC1. The van der Waals surface area contributed by atoms with Crippen molar-refractivity contribution < 1.29 is 9.59 Å². The van der Waals surface area contributed by atoms with Crippen LogP contribution in [0.1, 0.15) is 50.9 Å². The summed E-state index contributed by atoms with van der Waals surface area (Å²) in [5.41, 5.74) is 0. The van der Waals surface area contributed by atoms with E-state index in [2.05, 4.69) is 20.1 Å². The topological polar surface area (TPSA) is 80.1 Å². The Balaban J connectivity index is 1.72. The minimum atomic E-state index is -0.357. The summed E-state index contributed by atoms with van der Waals surface area (Å²) in [6.07, 6.45) is 6.04. The normalized spacial score (nSPS) is 20.6. The Morgan fingerprint density at radius 2 is 2.04 bits per heavy atom. The maximum atomic E-state index is 12.4. The first-order valence-electron chi connectivity index (χ1n) is 8.25. The average Bonchev–Trinajstić information content (AvgIpc) is 3.13. The molecule has 0 spiro atoms. The lowest BCUT2D eigenvalue weighted by Crippen LogP contribution is -2.39. The van der Waals surface area contributed by atoms with Crippen LogP contribution in [-0.2, 0) is 4.79 Å². The van der Waals surface area contributed by atoms with Crippen LogP contribution in [0.15, 0.2) is 5.16 Å². The van der Waals surface area contributed by atoms with E-state index in [1.807, 2.05) is 13.8 Å². The van der Waals surface area contributed by atoms with Gasteiger partial charge in [0.2, 0.25) is 5.91 Å². The van der Waals surface area contributed by atoms with Crippen molar-refractivity contribution in [1.29, 1.82) is 0 Å². The smallest absolute Gasteiger partial charge is 0.324 e. The maximum absolute atomic E-state index is 12.4. The fourth-order valence-electron chi connectivity index (χ4n) is 3.30. The zero-order valence-corrected chi connectivity index (χ0v) is 14.4. The molecule has 1 saturated carbocycles. The third kappa shape index (κ3) is 3.36. The Morgan fingerprint density at radius 3 is 2.70 bits per heavy atom. The number of aryl methyl sites for hydroxylation is 1. The largest absolute Gasteiger partial charge is 0.336 e. The van der Waals surface area contributed by atoms with E-state index >= 15 is 0 Å². The molecule has 0 bridgehead atoms. The number of rotatable bonds is 4. The van der Waals surface area contributed by atoms with E-state index in [1.165, 1.54) is 35.9 Å². The molecule has 2 fully saturated rings. The summed E-state index contributed by atoms with van der Waals surface area (Å²) in [6, 6.07) is 0.131. The third-order valence-corrected chi connectivity index (χ3v) is 5.57. The number of nitrogens with zero attached hydrogens (tertiary/aromatic N) is 4. The Morgan fingerprint density at radius 1 is 1.30 bits per heavy atom. The highest BCUT2D eigenvalue weighted by Crippen LogP contribution is 2.33. The van der Waals surface area contributed by atoms with Gasteiger partial charge in [0.05, 0.1) is 5.25 Å². The lowest BCUT2D eigenvalue weighted by molar-refractivity contribution is -0.126. The summed E-state index contributed by atoms with van der Waals surface area (Å²) in [4.78, 5) is 25.4. The lowest BCUT2D eigenvalue weighted by atomic mass is 9.95. The first-order chi connectivity index (χ1) is 11.1. The van der Waals surface area contributed by atoms with Crippen molar-refractivity contribution >= 4 is 23.7 Å². The zero-order valence-electron chi connectivity index (χ0n) is 13.6. The molecule has 3 rings (SSSR count). The van der Waals surface area contributed by atoms with Crippen molar-refractivity contribution in [3.05, 3.63) is 5.82 Å². The molecule has 0 radical (unpaired) electrons. The number of carbonyl (C=O) groups excluding carboxylic acids is 2. The second-order valence-corrected chi connectivity index (χ2v) is 7.48. The number of urea groups is 1. The van der Waals surface area contributed by atoms with Gasteiger partial charge in [-0.05, 0) is 26.7 Å². The lowest BCUT2D eigenvalue weighted by Gasteiger charge is -2.25. The first kappa shape index (κ1) is 16.3. The molecule has 8 heteroatoms. The zero-order chi connectivity index (χ0) is 16.4. The molecule has 1 aromatic rings. The molecule has 1 atom stereocenters. The van der Waals surface area contributed by atoms with Gasteiger partial charge in [-0.15, -0.1) is 10.2 Å². The predicted molar refractivity (Wildman–Crippen MR) is 87.3 cm³/mol. The molecule has 1 aliphatic heterocycles. The van der Waals surface area contributed by atoms with Crippen molar-refractivity contribution in [1.82, 2.24) is 25.0 Å². The predicted octanol–water partition coefficient (Wildman–Crippen LogP) is 2.12. The van der Waals surface area contributed by atoms with E-state index in [4.69, 9.17) is 0 Å². The molecular formula is C15H23N5O2S. The summed E-state index contributed by atoms with van der Waals surface area (Å²) in [5.74, 6) is 0.735. The van der Waals surface area contributed by atoms with Crippen LogP contribution >= 0.6 is 11.8 Å². The molecule has 2 heterocycles. The van der Waals surface area contributed by atoms with Crippen molar-refractivity contribution in [2.75, 3.05) is 13.1 Å². The number of aromatic nitrogens is 3. The van der Waals surface area contributed by atoms with E-state index in [9.17, 15) is 9.59 Å². The highest BCUT2D eigenvalue weighted by Gasteiger charge is 2.31. The van der Waals surface area contributed by atoms with Crippen molar-refractivity contribution in [3.8, 4) is 0 Å². The van der Waals surface area contributed by atoms with Gasteiger partial charge in [-0.25, -0.2) is 4.79 Å². The van der Waals surface area contributed by atoms with Gasteiger partial charge >= 0.3 is 6.03 Å². The summed E-state index contributed by atoms with van der Waals surface area (Å²) in [5, 5.41) is 11.6. The van der Waals surface area contributed by atoms with E-state index in [0.29, 0.717) is 19.1 Å². The second kappa shape index (κ2) is 6.90. The van der Waals surface area contributed by atoms with Gasteiger partial charge in [-0.3, -0.25) is 9.69 Å². The number of imide groups is 1. The quantitative estimate of drug-likeness (QED) is 0.851. The van der Waals surface area contributed by atoms with Gasteiger partial charge in [0.15, 0.2) is 5.16 Å². The Hall–Kier alpha value is -1.57. The van der Waals surface area contributed by atoms with E-state index in [0.717, 1.165) is 23.8 Å². The Labute approximate surface area is 140 Å². The molecule has 7 nitrogen and oxygen atoms in total. The van der Waals surface area contributed by atoms with Gasteiger partial charge in [-0.1, -0.05) is 31.0 Å². The van der Waals surface area contributed by atoms with Crippen LogP contribution in [0.2, 0.25) is 0 Å². The standard InChI is InChI=1S/C15H23N5O2S/c1-10(13(21)19-9-8-16-14(19)22)23-15-18-17-11(2)20(15)12-6-4-3-5-7-12/h10,12H,3-9H2,1-2H3,(H,16,22)/t10-/m1/s1. The summed E-state index contributed by atoms with van der Waals surface area (Å²) in [6.45, 7) is 4.76. The van der Waals surface area contributed by atoms with Crippen LogP contribution in [0.5, 0.6) is 0 Å². The molecule has 3 amide bonds. The molecule has 126 valence electrons. The Kier molecular flexibility index (Phi) is 4.89. The van der Waals surface area contributed by atoms with E-state index in [1.54, 1.807) is 0 Å². The fourth-order valence-corrected chi connectivity index (χ4v) is 4.33. The first-order valence-corrected chi connectivity index (χ1v) is 9.13. The number of carbonyl (C=O) groups is 2. The number of amides is 3. The summed E-state index contributed by atoms with van der Waals surface area (Å²) >= 11 is 1.40. The molecule has 0 aromatic carbocycles. The molecule has 2 aliphatic rings. The number of hydrogen-bond donors (Lipinski definition) is 1. The highest BCUT2D eigenvalue weighted by molar-refractivity contribution is 8.00. The maximum Gasteiger partial charge on any atom is 0.324 e. The minimum absolute atomic E-state index is 0.166. The number of nitrogens with one attached hydrogen (secondary N) is 1. The van der Waals surface area contributed by atoms with Crippen LogP contribution in [-0.4, -0.2) is 49.9 Å². The van der Waals surface area contributed by atoms with Crippen molar-refractivity contribution in [2.45, 2.75) is 62.4 Å². The molecule has 1 aromatic heterocycles. The summed E-state index contributed by atoms with van der Waals surface area (Å²) < 4.78 is 2.18. The van der Waals surface area contributed by atoms with Crippen LogP contribution in [0.4, 0.5) is 4.79 Å². The van der Waals surface area contributed by atoms with Crippen LogP contribution in [0.3, 0.4) is 0 Å². The number of hydrogen-bond acceptors (Lipinski definition) is 5. The Bertz CT molecular complexity index is 597. The van der Waals surface area contributed by atoms with Gasteiger partial charge in [-0.2, -0.15) is 0 Å². The third-order valence-electron chi connectivity index (χ3n) is 4.53. The molecule has 0 unspecified atom stereocenters. The summed E-state index contributed by atoms with van der Waals surface area (Å²) in [7, 11) is 0. The van der Waals surface area contributed by atoms with Crippen LogP contribution in [0.25, 0.3) is 0 Å². The highest BCUT2D eigenvalue weighted by atomic mass is 32.2. The van der Waals surface area contributed by atoms with Gasteiger partial charge < -0.3 is 9.88 Å². The monoisotopic (exact) mass is 337 g/mol. The molecule has 23 heavy (non-hydrogen) atoms. The number of thioether (sulfide) groups is 1. The molecule has 1 aliphatic carbocycles. The fraction of sp³-hybridized carbons (Fsp3) is 0.733. The van der Waals surface area contributed by atoms with Crippen molar-refractivity contribution in [3.63, 3.8) is 0 Å². The van der Waals surface area contributed by atoms with E-state index in [-0.39, 0.29) is 17.2 Å². The van der Waals surface area contributed by atoms with Crippen molar-refractivity contribution in [2.24, 2.45) is 0 Å². The molecule has 1 saturated heterocycles. The van der Waals surface area contributed by atoms with Crippen LogP contribution in [0, 0.1) is 6.92 Å².